The van der Waals surface area contributed by atoms with Crippen molar-refractivity contribution in [2.75, 3.05) is 5.32 Å². The van der Waals surface area contributed by atoms with Crippen molar-refractivity contribution in [2.45, 2.75) is 33.2 Å². The molecule has 0 aliphatic heterocycles. The van der Waals surface area contributed by atoms with Crippen LogP contribution in [-0.2, 0) is 11.3 Å². The number of hydrogen-bond donors (Lipinski definition) is 1. The maximum Gasteiger partial charge on any atom is 0.312 e. The molecular formula is C19H20N4O3. The Morgan fingerprint density at radius 3 is 2.65 bits per heavy atom. The van der Waals surface area contributed by atoms with Gasteiger partial charge < -0.3 is 5.32 Å². The van der Waals surface area contributed by atoms with E-state index in [1.807, 2.05) is 42.5 Å². The summed E-state index contributed by atoms with van der Waals surface area (Å²) >= 11 is 0. The number of fused-ring (bicyclic) bond motifs is 1. The molecule has 2 aromatic carbocycles. The van der Waals surface area contributed by atoms with Crippen LogP contribution in [0.4, 0.5) is 11.4 Å². The van der Waals surface area contributed by atoms with Crippen LogP contribution in [-0.4, -0.2) is 20.6 Å². The lowest BCUT2D eigenvalue weighted by Crippen LogP contribution is -2.13. The monoisotopic (exact) mass is 352 g/mol. The van der Waals surface area contributed by atoms with Crippen molar-refractivity contribution in [3.05, 3.63) is 64.0 Å². The van der Waals surface area contributed by atoms with Crippen LogP contribution >= 0.6 is 0 Å². The smallest absolute Gasteiger partial charge is 0.312 e. The molecule has 26 heavy (non-hydrogen) atoms. The number of aryl methyl sites for hydroxylation is 2. The maximum atomic E-state index is 12.3. The Bertz CT molecular complexity index is 973. The molecule has 0 aliphatic carbocycles. The van der Waals surface area contributed by atoms with E-state index in [1.54, 1.807) is 18.5 Å². The SMILES string of the molecule is Cc1nn(CCCC(=O)Nc2cccc3ccccc23)c(C)c1[N+](=O)[O-]. The number of hydrogen-bond acceptors (Lipinski definition) is 4. The zero-order valence-electron chi connectivity index (χ0n) is 14.7. The third kappa shape index (κ3) is 3.56. The summed E-state index contributed by atoms with van der Waals surface area (Å²) in [6.07, 6.45) is 0.866. The first-order valence-corrected chi connectivity index (χ1v) is 8.43. The van der Waals surface area contributed by atoms with Gasteiger partial charge in [-0.2, -0.15) is 5.10 Å². The van der Waals surface area contributed by atoms with Crippen molar-refractivity contribution in [3.8, 4) is 0 Å². The van der Waals surface area contributed by atoms with Gasteiger partial charge in [-0.25, -0.2) is 0 Å². The average molecular weight is 352 g/mol. The van der Waals surface area contributed by atoms with Crippen molar-refractivity contribution < 1.29 is 9.72 Å². The third-order valence-corrected chi connectivity index (χ3v) is 4.36. The van der Waals surface area contributed by atoms with E-state index in [0.717, 1.165) is 16.5 Å². The van der Waals surface area contributed by atoms with Crippen molar-refractivity contribution >= 4 is 28.1 Å². The molecule has 7 nitrogen and oxygen atoms in total. The second-order valence-electron chi connectivity index (χ2n) is 6.18. The third-order valence-electron chi connectivity index (χ3n) is 4.36. The number of rotatable bonds is 6. The van der Waals surface area contributed by atoms with E-state index in [4.69, 9.17) is 0 Å². The number of aromatic nitrogens is 2. The van der Waals surface area contributed by atoms with E-state index in [2.05, 4.69) is 10.4 Å². The fraction of sp³-hybridized carbons (Fsp3) is 0.263. The molecule has 0 fully saturated rings. The fourth-order valence-corrected chi connectivity index (χ4v) is 3.11. The molecule has 0 atom stereocenters. The number of nitrogens with zero attached hydrogens (tertiary/aromatic N) is 3. The van der Waals surface area contributed by atoms with Gasteiger partial charge in [0.25, 0.3) is 0 Å². The zero-order valence-corrected chi connectivity index (χ0v) is 14.7. The van der Waals surface area contributed by atoms with Crippen LogP contribution < -0.4 is 5.32 Å². The topological polar surface area (TPSA) is 90.1 Å². The molecule has 1 amide bonds. The van der Waals surface area contributed by atoms with Crippen LogP contribution in [0.3, 0.4) is 0 Å². The second kappa shape index (κ2) is 7.35. The van der Waals surface area contributed by atoms with Gasteiger partial charge in [0.1, 0.15) is 11.4 Å². The second-order valence-corrected chi connectivity index (χ2v) is 6.18. The molecule has 0 saturated carbocycles. The molecule has 0 bridgehead atoms. The average Bonchev–Trinajstić information content (AvgIpc) is 2.89. The molecule has 1 aromatic heterocycles. The summed E-state index contributed by atoms with van der Waals surface area (Å²) in [6, 6.07) is 13.7. The molecule has 1 heterocycles. The Balaban J connectivity index is 1.61. The molecule has 0 unspecified atom stereocenters. The summed E-state index contributed by atoms with van der Waals surface area (Å²) in [5, 5.41) is 20.2. The van der Waals surface area contributed by atoms with Crippen LogP contribution in [0.25, 0.3) is 10.8 Å². The van der Waals surface area contributed by atoms with Crippen LogP contribution in [0.1, 0.15) is 24.2 Å². The van der Waals surface area contributed by atoms with E-state index in [1.165, 1.54) is 0 Å². The number of amides is 1. The molecule has 134 valence electrons. The lowest BCUT2D eigenvalue weighted by molar-refractivity contribution is -0.386. The lowest BCUT2D eigenvalue weighted by atomic mass is 10.1. The van der Waals surface area contributed by atoms with Gasteiger partial charge in [0, 0.05) is 24.0 Å². The highest BCUT2D eigenvalue weighted by atomic mass is 16.6. The molecule has 1 N–H and O–H groups in total. The van der Waals surface area contributed by atoms with Crippen molar-refractivity contribution in [1.29, 1.82) is 0 Å². The predicted molar refractivity (Wildman–Crippen MR) is 100 cm³/mol. The van der Waals surface area contributed by atoms with Crippen molar-refractivity contribution in [3.63, 3.8) is 0 Å². The number of nitrogens with one attached hydrogen (secondary N) is 1. The zero-order chi connectivity index (χ0) is 18.7. The number of carbonyl (C=O) groups is 1. The first kappa shape index (κ1) is 17.6. The molecule has 7 heteroatoms. The highest BCUT2D eigenvalue weighted by molar-refractivity contribution is 6.02. The molecule has 0 spiro atoms. The van der Waals surface area contributed by atoms with Crippen LogP contribution in [0.15, 0.2) is 42.5 Å². The Morgan fingerprint density at radius 2 is 1.92 bits per heavy atom. The van der Waals surface area contributed by atoms with Crippen molar-refractivity contribution in [1.82, 2.24) is 9.78 Å². The minimum atomic E-state index is -0.415. The Kier molecular flexibility index (Phi) is 4.97. The Hall–Kier alpha value is -3.22. The molecule has 0 aliphatic rings. The first-order valence-electron chi connectivity index (χ1n) is 8.43. The summed E-state index contributed by atoms with van der Waals surface area (Å²) in [5.41, 5.74) is 1.75. The summed E-state index contributed by atoms with van der Waals surface area (Å²) < 4.78 is 1.60. The van der Waals surface area contributed by atoms with E-state index in [0.29, 0.717) is 30.8 Å². The van der Waals surface area contributed by atoms with Crippen LogP contribution in [0.2, 0.25) is 0 Å². The van der Waals surface area contributed by atoms with Gasteiger partial charge in [0.05, 0.1) is 4.92 Å². The molecular weight excluding hydrogens is 332 g/mol. The molecule has 3 rings (SSSR count). The van der Waals surface area contributed by atoms with E-state index < -0.39 is 4.92 Å². The Labute approximate surface area is 150 Å². The van der Waals surface area contributed by atoms with E-state index >= 15 is 0 Å². The van der Waals surface area contributed by atoms with Crippen LogP contribution in [0.5, 0.6) is 0 Å². The normalized spacial score (nSPS) is 10.8. The number of nitro groups is 1. The summed E-state index contributed by atoms with van der Waals surface area (Å²) in [4.78, 5) is 22.9. The number of anilines is 1. The Morgan fingerprint density at radius 1 is 1.19 bits per heavy atom. The van der Waals surface area contributed by atoms with Crippen LogP contribution in [0, 0.1) is 24.0 Å². The molecule has 0 saturated heterocycles. The standard InChI is InChI=1S/C19H20N4O3/c1-13-19(23(25)26)14(2)22(21-13)12-6-11-18(24)20-17-10-5-8-15-7-3-4-9-16(15)17/h3-5,7-10H,6,11-12H2,1-2H3,(H,20,24). The van der Waals surface area contributed by atoms with E-state index in [-0.39, 0.29) is 11.6 Å². The summed E-state index contributed by atoms with van der Waals surface area (Å²) in [7, 11) is 0. The number of benzene rings is 2. The van der Waals surface area contributed by atoms with Gasteiger partial charge in [0.2, 0.25) is 5.91 Å². The van der Waals surface area contributed by atoms with Gasteiger partial charge in [-0.3, -0.25) is 19.6 Å². The lowest BCUT2D eigenvalue weighted by Gasteiger charge is -2.09. The summed E-state index contributed by atoms with van der Waals surface area (Å²) in [6.45, 7) is 3.76. The predicted octanol–water partition coefficient (Wildman–Crippen LogP) is 3.98. The largest absolute Gasteiger partial charge is 0.326 e. The first-order chi connectivity index (χ1) is 12.5. The highest BCUT2D eigenvalue weighted by Crippen LogP contribution is 2.24. The fourth-order valence-electron chi connectivity index (χ4n) is 3.11. The highest BCUT2D eigenvalue weighted by Gasteiger charge is 2.21. The quantitative estimate of drug-likeness (QED) is 0.537. The maximum absolute atomic E-state index is 12.3. The molecule has 0 radical (unpaired) electrons. The van der Waals surface area contributed by atoms with Gasteiger partial charge >= 0.3 is 5.69 Å². The molecule has 3 aromatic rings. The minimum absolute atomic E-state index is 0.0465. The van der Waals surface area contributed by atoms with E-state index in [9.17, 15) is 14.9 Å². The van der Waals surface area contributed by atoms with Gasteiger partial charge in [-0.15, -0.1) is 0 Å². The van der Waals surface area contributed by atoms with Gasteiger partial charge in [0.15, 0.2) is 0 Å². The minimum Gasteiger partial charge on any atom is -0.326 e. The van der Waals surface area contributed by atoms with Gasteiger partial charge in [-0.1, -0.05) is 36.4 Å². The number of carbonyl (C=O) groups excluding carboxylic acids is 1. The van der Waals surface area contributed by atoms with Gasteiger partial charge in [-0.05, 0) is 31.7 Å². The summed E-state index contributed by atoms with van der Waals surface area (Å²) in [5.74, 6) is -0.0858. The van der Waals surface area contributed by atoms with Crippen molar-refractivity contribution in [2.24, 2.45) is 0 Å².